The van der Waals surface area contributed by atoms with Gasteiger partial charge in [0, 0.05) is 6.54 Å². The van der Waals surface area contributed by atoms with Crippen molar-refractivity contribution in [3.63, 3.8) is 0 Å². The second kappa shape index (κ2) is 2.91. The lowest BCUT2D eigenvalue weighted by Crippen LogP contribution is -2.03. The maximum Gasteiger partial charge on any atom is 0.126 e. The Morgan fingerprint density at radius 3 is 3.18 bits per heavy atom. The van der Waals surface area contributed by atoms with E-state index in [1.165, 1.54) is 12.8 Å². The molecule has 2 heteroatoms. The van der Waals surface area contributed by atoms with E-state index in [9.17, 15) is 0 Å². The zero-order valence-electron chi connectivity index (χ0n) is 6.38. The van der Waals surface area contributed by atoms with Gasteiger partial charge in [0.15, 0.2) is 0 Å². The molecule has 2 nitrogen and oxygen atoms in total. The zero-order valence-corrected chi connectivity index (χ0v) is 6.38. The summed E-state index contributed by atoms with van der Waals surface area (Å²) in [6.07, 6.45) is 5.55. The molecule has 0 spiro atoms. The number of hydrogen-bond acceptors (Lipinski definition) is 2. The highest BCUT2D eigenvalue weighted by Gasteiger charge is 2.20. The molecule has 2 rings (SSSR count). The lowest BCUT2D eigenvalue weighted by molar-refractivity contribution is 0.883. The maximum absolute atomic E-state index is 4.04. The van der Waals surface area contributed by atoms with Crippen LogP contribution in [0.2, 0.25) is 0 Å². The van der Waals surface area contributed by atoms with Crippen molar-refractivity contribution in [3.8, 4) is 0 Å². The topological polar surface area (TPSA) is 24.9 Å². The van der Waals surface area contributed by atoms with Gasteiger partial charge in [0.1, 0.15) is 5.82 Å². The highest BCUT2D eigenvalue weighted by molar-refractivity contribution is 5.32. The van der Waals surface area contributed by atoms with Crippen LogP contribution in [0.5, 0.6) is 0 Å². The largest absolute Gasteiger partial charge is 0.370 e. The van der Waals surface area contributed by atoms with E-state index in [1.807, 2.05) is 18.2 Å². The van der Waals surface area contributed by atoms with Crippen LogP contribution >= 0.6 is 0 Å². The van der Waals surface area contributed by atoms with Crippen LogP contribution in [0.15, 0.2) is 18.2 Å². The number of pyridine rings is 1. The van der Waals surface area contributed by atoms with Crippen molar-refractivity contribution in [3.05, 3.63) is 24.4 Å². The van der Waals surface area contributed by atoms with Gasteiger partial charge >= 0.3 is 0 Å². The van der Waals surface area contributed by atoms with E-state index >= 15 is 0 Å². The van der Waals surface area contributed by atoms with Gasteiger partial charge in [0.2, 0.25) is 0 Å². The molecular formula is C9H11N2. The van der Waals surface area contributed by atoms with Crippen LogP contribution in [-0.4, -0.2) is 11.5 Å². The first-order valence-electron chi connectivity index (χ1n) is 4.02. The molecule has 0 saturated heterocycles. The molecule has 0 aromatic carbocycles. The number of anilines is 1. The smallest absolute Gasteiger partial charge is 0.126 e. The van der Waals surface area contributed by atoms with Crippen LogP contribution in [0.4, 0.5) is 5.82 Å². The van der Waals surface area contributed by atoms with Crippen LogP contribution < -0.4 is 5.32 Å². The Hall–Kier alpha value is -1.05. The first-order chi connectivity index (χ1) is 5.45. The quantitative estimate of drug-likeness (QED) is 0.704. The Labute approximate surface area is 66.7 Å². The van der Waals surface area contributed by atoms with Crippen molar-refractivity contribution in [2.24, 2.45) is 5.92 Å². The monoisotopic (exact) mass is 147 g/mol. The van der Waals surface area contributed by atoms with E-state index in [2.05, 4.69) is 16.5 Å². The second-order valence-corrected chi connectivity index (χ2v) is 2.98. The van der Waals surface area contributed by atoms with E-state index in [4.69, 9.17) is 0 Å². The van der Waals surface area contributed by atoms with Crippen molar-refractivity contribution >= 4 is 5.82 Å². The molecule has 1 saturated carbocycles. The molecule has 1 aliphatic rings. The summed E-state index contributed by atoms with van der Waals surface area (Å²) >= 11 is 0. The molecule has 1 aromatic rings. The summed E-state index contributed by atoms with van der Waals surface area (Å²) < 4.78 is 0. The Kier molecular flexibility index (Phi) is 1.76. The second-order valence-electron chi connectivity index (χ2n) is 2.98. The van der Waals surface area contributed by atoms with Gasteiger partial charge in [-0.2, -0.15) is 0 Å². The first kappa shape index (κ1) is 6.65. The van der Waals surface area contributed by atoms with Gasteiger partial charge in [-0.25, -0.2) is 4.98 Å². The molecular weight excluding hydrogens is 136 g/mol. The number of nitrogens with one attached hydrogen (secondary N) is 1. The number of nitrogens with zero attached hydrogens (tertiary/aromatic N) is 1. The molecule has 1 aromatic heterocycles. The van der Waals surface area contributed by atoms with Gasteiger partial charge in [-0.15, -0.1) is 0 Å². The molecule has 57 valence electrons. The molecule has 11 heavy (non-hydrogen) atoms. The standard InChI is InChI=1S/C9H11N2/c1-2-6-10-9(3-1)11-7-8-4-5-8/h1-3,8H,4-5,7H2,(H,10,11). The minimum absolute atomic E-state index is 0.900. The highest BCUT2D eigenvalue weighted by Crippen LogP contribution is 2.28. The highest BCUT2D eigenvalue weighted by atomic mass is 15.0. The average molecular weight is 147 g/mol. The van der Waals surface area contributed by atoms with Crippen molar-refractivity contribution in [1.82, 2.24) is 4.98 Å². The predicted molar refractivity (Wildman–Crippen MR) is 44.3 cm³/mol. The molecule has 1 heterocycles. The maximum atomic E-state index is 4.04. The zero-order chi connectivity index (χ0) is 7.52. The predicted octanol–water partition coefficient (Wildman–Crippen LogP) is 1.70. The van der Waals surface area contributed by atoms with E-state index in [0.717, 1.165) is 18.3 Å². The summed E-state index contributed by atoms with van der Waals surface area (Å²) in [5.41, 5.74) is 0. The fraction of sp³-hybridized carbons (Fsp3) is 0.444. The normalized spacial score (nSPS) is 16.4. The van der Waals surface area contributed by atoms with Crippen LogP contribution in [-0.2, 0) is 0 Å². The Morgan fingerprint density at radius 2 is 2.55 bits per heavy atom. The molecule has 0 atom stereocenters. The van der Waals surface area contributed by atoms with E-state index in [0.29, 0.717) is 0 Å². The molecule has 0 amide bonds. The number of rotatable bonds is 3. The lowest BCUT2D eigenvalue weighted by Gasteiger charge is -2.01. The summed E-state index contributed by atoms with van der Waals surface area (Å²) in [4.78, 5) is 4.04. The number of aromatic nitrogens is 1. The SMILES string of the molecule is [c]1cccc(NCC2CC2)n1. The van der Waals surface area contributed by atoms with Gasteiger partial charge in [-0.3, -0.25) is 0 Å². The summed E-state index contributed by atoms with van der Waals surface area (Å²) in [5, 5.41) is 3.26. The van der Waals surface area contributed by atoms with Crippen molar-refractivity contribution in [2.45, 2.75) is 12.8 Å². The first-order valence-corrected chi connectivity index (χ1v) is 4.02. The molecule has 1 N–H and O–H groups in total. The van der Waals surface area contributed by atoms with Crippen molar-refractivity contribution in [1.29, 1.82) is 0 Å². The Bertz CT molecular complexity index is 216. The lowest BCUT2D eigenvalue weighted by atomic mass is 10.4. The van der Waals surface area contributed by atoms with Gasteiger partial charge in [-0.05, 0) is 30.9 Å². The Morgan fingerprint density at radius 1 is 1.64 bits per heavy atom. The molecule has 1 radical (unpaired) electrons. The molecule has 1 fully saturated rings. The summed E-state index contributed by atoms with van der Waals surface area (Å²) in [5.74, 6) is 1.84. The van der Waals surface area contributed by atoms with Gasteiger partial charge in [-0.1, -0.05) is 6.07 Å². The summed E-state index contributed by atoms with van der Waals surface area (Å²) in [6, 6.07) is 5.73. The van der Waals surface area contributed by atoms with Crippen LogP contribution in [0.3, 0.4) is 0 Å². The van der Waals surface area contributed by atoms with Gasteiger partial charge in [0.05, 0.1) is 6.20 Å². The van der Waals surface area contributed by atoms with Crippen LogP contribution in [0.1, 0.15) is 12.8 Å². The molecule has 0 aliphatic heterocycles. The third-order valence-corrected chi connectivity index (χ3v) is 1.88. The Balaban J connectivity index is 1.85. The minimum Gasteiger partial charge on any atom is -0.370 e. The van der Waals surface area contributed by atoms with Gasteiger partial charge < -0.3 is 5.32 Å². The van der Waals surface area contributed by atoms with Crippen molar-refractivity contribution in [2.75, 3.05) is 11.9 Å². The molecule has 0 bridgehead atoms. The fourth-order valence-electron chi connectivity index (χ4n) is 0.996. The van der Waals surface area contributed by atoms with E-state index < -0.39 is 0 Å². The van der Waals surface area contributed by atoms with Gasteiger partial charge in [0.25, 0.3) is 0 Å². The van der Waals surface area contributed by atoms with E-state index in [1.54, 1.807) is 0 Å². The fourth-order valence-corrected chi connectivity index (χ4v) is 0.996. The minimum atomic E-state index is 0.900. The molecule has 0 unspecified atom stereocenters. The van der Waals surface area contributed by atoms with Crippen LogP contribution in [0, 0.1) is 12.1 Å². The summed E-state index contributed by atoms with van der Waals surface area (Å²) in [6.45, 7) is 1.07. The van der Waals surface area contributed by atoms with Crippen LogP contribution in [0.25, 0.3) is 0 Å². The van der Waals surface area contributed by atoms with E-state index in [-0.39, 0.29) is 0 Å². The van der Waals surface area contributed by atoms with Crippen molar-refractivity contribution < 1.29 is 0 Å². The third-order valence-electron chi connectivity index (χ3n) is 1.88. The molecule has 1 aliphatic carbocycles. The third kappa shape index (κ3) is 1.93. The summed E-state index contributed by atoms with van der Waals surface area (Å²) in [7, 11) is 0. The number of hydrogen-bond donors (Lipinski definition) is 1. The average Bonchev–Trinajstić information content (AvgIpc) is 2.86.